The maximum atomic E-state index is 9.25. The second-order valence-electron chi connectivity index (χ2n) is 4.19. The number of methoxy groups -OCH3 is 1. The normalized spacial score (nSPS) is 12.8. The lowest BCUT2D eigenvalue weighted by atomic mass is 10.3. The molecular formula is C13H21NO2S. The summed E-state index contributed by atoms with van der Waals surface area (Å²) in [5.41, 5.74) is 0. The number of aliphatic hydroxyl groups excluding tert-OH is 1. The maximum absolute atomic E-state index is 9.25. The van der Waals surface area contributed by atoms with E-state index in [0.29, 0.717) is 6.04 Å². The predicted molar refractivity (Wildman–Crippen MR) is 72.9 cm³/mol. The summed E-state index contributed by atoms with van der Waals surface area (Å²) >= 11 is 1.72. The van der Waals surface area contributed by atoms with Gasteiger partial charge in [0.25, 0.3) is 0 Å². The monoisotopic (exact) mass is 255 g/mol. The molecule has 0 radical (unpaired) electrons. The molecule has 1 rings (SSSR count). The molecule has 3 nitrogen and oxygen atoms in total. The average molecular weight is 255 g/mol. The number of ether oxygens (including phenoxy) is 1. The molecule has 96 valence electrons. The summed E-state index contributed by atoms with van der Waals surface area (Å²) in [6.45, 7) is 4.33. The molecule has 0 aliphatic rings. The highest BCUT2D eigenvalue weighted by Gasteiger charge is 2.09. The zero-order valence-corrected chi connectivity index (χ0v) is 11.5. The molecule has 1 aromatic carbocycles. The van der Waals surface area contributed by atoms with E-state index in [1.54, 1.807) is 18.9 Å². The number of aliphatic hydroxyl groups is 1. The summed E-state index contributed by atoms with van der Waals surface area (Å²) in [6.07, 6.45) is 0. The van der Waals surface area contributed by atoms with Crippen molar-refractivity contribution in [3.05, 3.63) is 24.3 Å². The minimum absolute atomic E-state index is 0.131. The minimum Gasteiger partial charge on any atom is -0.497 e. The van der Waals surface area contributed by atoms with Crippen molar-refractivity contribution < 1.29 is 9.84 Å². The molecule has 0 amide bonds. The summed E-state index contributed by atoms with van der Waals surface area (Å²) in [5.74, 6) is 1.72. The zero-order chi connectivity index (χ0) is 12.7. The number of hydrogen-bond acceptors (Lipinski definition) is 4. The van der Waals surface area contributed by atoms with Gasteiger partial charge in [-0.1, -0.05) is 19.9 Å². The molecule has 1 unspecified atom stereocenters. The van der Waals surface area contributed by atoms with Crippen LogP contribution < -0.4 is 10.1 Å². The van der Waals surface area contributed by atoms with Crippen LogP contribution in [0.15, 0.2) is 29.2 Å². The van der Waals surface area contributed by atoms with Crippen LogP contribution in [0.25, 0.3) is 0 Å². The zero-order valence-electron chi connectivity index (χ0n) is 10.6. The third-order valence-corrected chi connectivity index (χ3v) is 3.44. The Balaban J connectivity index is 2.47. The quantitative estimate of drug-likeness (QED) is 0.733. The third kappa shape index (κ3) is 5.44. The van der Waals surface area contributed by atoms with E-state index in [4.69, 9.17) is 4.74 Å². The highest BCUT2D eigenvalue weighted by Crippen LogP contribution is 2.23. The largest absolute Gasteiger partial charge is 0.497 e. The van der Waals surface area contributed by atoms with Gasteiger partial charge in [0.2, 0.25) is 0 Å². The molecule has 0 fully saturated rings. The van der Waals surface area contributed by atoms with E-state index in [1.807, 2.05) is 18.2 Å². The van der Waals surface area contributed by atoms with E-state index in [1.165, 1.54) is 0 Å². The number of thioether (sulfide) groups is 1. The molecule has 0 saturated carbocycles. The van der Waals surface area contributed by atoms with Crippen LogP contribution in [0.5, 0.6) is 5.75 Å². The second-order valence-corrected chi connectivity index (χ2v) is 5.28. The van der Waals surface area contributed by atoms with Crippen molar-refractivity contribution in [2.75, 3.05) is 19.5 Å². The predicted octanol–water partition coefficient (Wildman–Crippen LogP) is 2.15. The van der Waals surface area contributed by atoms with E-state index in [0.717, 1.165) is 16.4 Å². The average Bonchev–Trinajstić information content (AvgIpc) is 2.34. The van der Waals surface area contributed by atoms with Crippen molar-refractivity contribution >= 4 is 11.8 Å². The van der Waals surface area contributed by atoms with Gasteiger partial charge in [-0.3, -0.25) is 0 Å². The number of hydrogen-bond donors (Lipinski definition) is 2. The van der Waals surface area contributed by atoms with E-state index in [2.05, 4.69) is 25.2 Å². The molecule has 0 aliphatic carbocycles. The van der Waals surface area contributed by atoms with Crippen molar-refractivity contribution in [1.29, 1.82) is 0 Å². The molecule has 1 aromatic rings. The van der Waals surface area contributed by atoms with Crippen molar-refractivity contribution in [1.82, 2.24) is 5.32 Å². The molecule has 0 spiro atoms. The van der Waals surface area contributed by atoms with E-state index in [-0.39, 0.29) is 12.6 Å². The third-order valence-electron chi connectivity index (χ3n) is 2.28. The van der Waals surface area contributed by atoms with Gasteiger partial charge in [-0.2, -0.15) is 0 Å². The molecule has 2 N–H and O–H groups in total. The highest BCUT2D eigenvalue weighted by molar-refractivity contribution is 7.99. The minimum atomic E-state index is 0.131. The summed E-state index contributed by atoms with van der Waals surface area (Å²) in [4.78, 5) is 1.16. The molecular weight excluding hydrogens is 234 g/mol. The smallest absolute Gasteiger partial charge is 0.119 e. The highest BCUT2D eigenvalue weighted by atomic mass is 32.2. The lowest BCUT2D eigenvalue weighted by Crippen LogP contribution is -2.39. The van der Waals surface area contributed by atoms with Gasteiger partial charge in [0.05, 0.1) is 13.7 Å². The van der Waals surface area contributed by atoms with E-state index < -0.39 is 0 Å². The summed E-state index contributed by atoms with van der Waals surface area (Å²) < 4.78 is 5.17. The number of nitrogens with one attached hydrogen (secondary N) is 1. The second kappa shape index (κ2) is 7.58. The van der Waals surface area contributed by atoms with Gasteiger partial charge in [0.15, 0.2) is 0 Å². The first-order valence-corrected chi connectivity index (χ1v) is 6.78. The molecule has 17 heavy (non-hydrogen) atoms. The van der Waals surface area contributed by atoms with Crippen LogP contribution in [0.1, 0.15) is 13.8 Å². The van der Waals surface area contributed by atoms with Crippen molar-refractivity contribution in [3.63, 3.8) is 0 Å². The van der Waals surface area contributed by atoms with Crippen molar-refractivity contribution in [2.24, 2.45) is 0 Å². The van der Waals surface area contributed by atoms with Crippen LogP contribution in [0.4, 0.5) is 0 Å². The van der Waals surface area contributed by atoms with E-state index in [9.17, 15) is 5.11 Å². The van der Waals surface area contributed by atoms with Crippen LogP contribution in [-0.2, 0) is 0 Å². The van der Waals surface area contributed by atoms with Crippen LogP contribution in [0.2, 0.25) is 0 Å². The van der Waals surface area contributed by atoms with Gasteiger partial charge in [0.1, 0.15) is 5.75 Å². The fourth-order valence-electron chi connectivity index (χ4n) is 1.51. The molecule has 1 atom stereocenters. The lowest BCUT2D eigenvalue weighted by Gasteiger charge is -2.18. The SMILES string of the molecule is COc1cccc(SCC(CO)NC(C)C)c1. The van der Waals surface area contributed by atoms with Gasteiger partial charge in [-0.05, 0) is 18.2 Å². The Labute approximate surface area is 108 Å². The number of rotatable bonds is 7. The Morgan fingerprint density at radius 2 is 2.18 bits per heavy atom. The first-order chi connectivity index (χ1) is 8.15. The number of benzene rings is 1. The Morgan fingerprint density at radius 1 is 1.41 bits per heavy atom. The van der Waals surface area contributed by atoms with Gasteiger partial charge in [-0.15, -0.1) is 11.8 Å². The molecule has 4 heteroatoms. The summed E-state index contributed by atoms with van der Waals surface area (Å²) in [7, 11) is 1.67. The first-order valence-electron chi connectivity index (χ1n) is 5.79. The fourth-order valence-corrected chi connectivity index (χ4v) is 2.48. The fraction of sp³-hybridized carbons (Fsp3) is 0.538. The van der Waals surface area contributed by atoms with Gasteiger partial charge < -0.3 is 15.2 Å². The van der Waals surface area contributed by atoms with Crippen molar-refractivity contribution in [3.8, 4) is 5.75 Å². The molecule has 0 aromatic heterocycles. The standard InChI is InChI=1S/C13H21NO2S/c1-10(2)14-11(8-15)9-17-13-6-4-5-12(7-13)16-3/h4-7,10-11,14-15H,8-9H2,1-3H3. The first kappa shape index (κ1) is 14.4. The van der Waals surface area contributed by atoms with Crippen LogP contribution in [-0.4, -0.2) is 36.7 Å². The van der Waals surface area contributed by atoms with E-state index >= 15 is 0 Å². The van der Waals surface area contributed by atoms with Gasteiger partial charge in [0, 0.05) is 22.7 Å². The van der Waals surface area contributed by atoms with Gasteiger partial charge >= 0.3 is 0 Å². The maximum Gasteiger partial charge on any atom is 0.119 e. The van der Waals surface area contributed by atoms with Crippen LogP contribution >= 0.6 is 11.8 Å². The molecule has 0 aliphatic heterocycles. The Bertz CT molecular complexity index is 331. The molecule has 0 heterocycles. The molecule has 0 bridgehead atoms. The Hall–Kier alpha value is -0.710. The Morgan fingerprint density at radius 3 is 2.76 bits per heavy atom. The van der Waals surface area contributed by atoms with Crippen LogP contribution in [0.3, 0.4) is 0 Å². The topological polar surface area (TPSA) is 41.5 Å². The lowest BCUT2D eigenvalue weighted by molar-refractivity contribution is 0.247. The van der Waals surface area contributed by atoms with Crippen LogP contribution in [0, 0.1) is 0 Å². The summed E-state index contributed by atoms with van der Waals surface area (Å²) in [6, 6.07) is 8.49. The van der Waals surface area contributed by atoms with Gasteiger partial charge in [-0.25, -0.2) is 0 Å². The molecule has 0 saturated heterocycles. The van der Waals surface area contributed by atoms with Crippen molar-refractivity contribution in [2.45, 2.75) is 30.8 Å². The summed E-state index contributed by atoms with van der Waals surface area (Å²) in [5, 5.41) is 12.6. The Kier molecular flexibility index (Phi) is 6.40.